The Morgan fingerprint density at radius 3 is 1.28 bits per heavy atom. The van der Waals surface area contributed by atoms with Gasteiger partial charge in [-0.25, -0.2) is 0 Å². The Morgan fingerprint density at radius 2 is 0.652 bits per heavy atom. The van der Waals surface area contributed by atoms with Crippen LogP contribution in [0.4, 0.5) is 17.1 Å². The van der Waals surface area contributed by atoms with Crippen LogP contribution in [0.15, 0.2) is 273 Å². The number of para-hydroxylation sites is 4. The SMILES string of the molecule is c1ccc(-c2ccccc2-c2ccccc2-c2ccccc2N(c2ccc(-c3ccc4c(c3)C3(c5ccccc5Oc5ccccc53)c3ccccc3-4)cc2)c2ccccc2-c2ccccc2)cc1. The number of benzene rings is 11. The van der Waals surface area contributed by atoms with Crippen LogP contribution in [-0.4, -0.2) is 0 Å². The fourth-order valence-electron chi connectivity index (χ4n) is 11.2. The van der Waals surface area contributed by atoms with Crippen molar-refractivity contribution in [1.82, 2.24) is 0 Å². The third-order valence-electron chi connectivity index (χ3n) is 14.2. The first-order valence-electron chi connectivity index (χ1n) is 23.8. The van der Waals surface area contributed by atoms with Crippen LogP contribution in [0.2, 0.25) is 0 Å². The number of nitrogens with zero attached hydrogens (tertiary/aromatic N) is 1. The van der Waals surface area contributed by atoms with Crippen molar-refractivity contribution < 1.29 is 4.74 Å². The summed E-state index contributed by atoms with van der Waals surface area (Å²) in [5.74, 6) is 1.79. The summed E-state index contributed by atoms with van der Waals surface area (Å²) < 4.78 is 6.64. The third kappa shape index (κ3) is 6.56. The van der Waals surface area contributed by atoms with E-state index in [9.17, 15) is 0 Å². The molecule has 0 fully saturated rings. The number of rotatable bonds is 8. The highest BCUT2D eigenvalue weighted by Gasteiger charge is 2.51. The van der Waals surface area contributed by atoms with Gasteiger partial charge in [0, 0.05) is 27.9 Å². The number of fused-ring (bicyclic) bond motifs is 9. The number of anilines is 3. The molecule has 2 aliphatic rings. The van der Waals surface area contributed by atoms with E-state index in [-0.39, 0.29) is 0 Å². The van der Waals surface area contributed by atoms with Crippen molar-refractivity contribution in [2.45, 2.75) is 5.41 Å². The fourth-order valence-corrected chi connectivity index (χ4v) is 11.2. The number of hydrogen-bond donors (Lipinski definition) is 0. The second-order valence-corrected chi connectivity index (χ2v) is 17.9. The van der Waals surface area contributed by atoms with Crippen LogP contribution in [0.25, 0.3) is 66.8 Å². The van der Waals surface area contributed by atoms with Gasteiger partial charge in [-0.15, -0.1) is 0 Å². The largest absolute Gasteiger partial charge is 0.457 e. The van der Waals surface area contributed by atoms with Crippen molar-refractivity contribution in [1.29, 1.82) is 0 Å². The van der Waals surface area contributed by atoms with Gasteiger partial charge in [0.15, 0.2) is 0 Å². The van der Waals surface area contributed by atoms with E-state index < -0.39 is 5.41 Å². The smallest absolute Gasteiger partial charge is 0.132 e. The van der Waals surface area contributed by atoms with E-state index in [4.69, 9.17) is 4.74 Å². The van der Waals surface area contributed by atoms with Gasteiger partial charge in [0.1, 0.15) is 11.5 Å². The Morgan fingerprint density at radius 1 is 0.246 bits per heavy atom. The third-order valence-corrected chi connectivity index (χ3v) is 14.2. The molecule has 2 nitrogen and oxygen atoms in total. The zero-order chi connectivity index (χ0) is 45.7. The van der Waals surface area contributed by atoms with Crippen LogP contribution >= 0.6 is 0 Å². The van der Waals surface area contributed by atoms with Crippen molar-refractivity contribution in [3.63, 3.8) is 0 Å². The number of ether oxygens (including phenoxy) is 1. The summed E-state index contributed by atoms with van der Waals surface area (Å²) in [6.45, 7) is 0. The van der Waals surface area contributed by atoms with Crippen LogP contribution in [0.5, 0.6) is 11.5 Å². The first kappa shape index (κ1) is 40.3. The van der Waals surface area contributed by atoms with Crippen molar-refractivity contribution in [2.24, 2.45) is 0 Å². The molecule has 0 saturated heterocycles. The zero-order valence-electron chi connectivity index (χ0n) is 37.8. The molecule has 13 rings (SSSR count). The Labute approximate surface area is 403 Å². The molecule has 11 aromatic rings. The Bertz CT molecular complexity index is 3660. The minimum Gasteiger partial charge on any atom is -0.457 e. The van der Waals surface area contributed by atoms with Gasteiger partial charge in [-0.3, -0.25) is 0 Å². The van der Waals surface area contributed by atoms with Gasteiger partial charge in [-0.2, -0.15) is 0 Å². The maximum absolute atomic E-state index is 6.64. The van der Waals surface area contributed by atoms with Crippen LogP contribution in [0.1, 0.15) is 22.3 Å². The zero-order valence-corrected chi connectivity index (χ0v) is 37.8. The summed E-state index contributed by atoms with van der Waals surface area (Å²) in [6.07, 6.45) is 0. The summed E-state index contributed by atoms with van der Waals surface area (Å²) in [4.78, 5) is 2.45. The van der Waals surface area contributed by atoms with Gasteiger partial charge in [0.2, 0.25) is 0 Å². The molecule has 11 aromatic carbocycles. The Hall–Kier alpha value is -8.98. The molecular weight excluding hydrogens is 835 g/mol. The van der Waals surface area contributed by atoms with E-state index in [0.29, 0.717) is 0 Å². The minimum atomic E-state index is -0.535. The average molecular weight is 880 g/mol. The summed E-state index contributed by atoms with van der Waals surface area (Å²) >= 11 is 0. The molecular formula is C67H45NO. The van der Waals surface area contributed by atoms with Gasteiger partial charge in [0.05, 0.1) is 16.8 Å². The molecule has 0 N–H and O–H groups in total. The van der Waals surface area contributed by atoms with Gasteiger partial charge < -0.3 is 9.64 Å². The van der Waals surface area contributed by atoms with Gasteiger partial charge in [0.25, 0.3) is 0 Å². The van der Waals surface area contributed by atoms with E-state index in [1.54, 1.807) is 0 Å². The van der Waals surface area contributed by atoms with Crippen LogP contribution < -0.4 is 9.64 Å². The molecule has 0 saturated carbocycles. The minimum absolute atomic E-state index is 0.535. The molecule has 69 heavy (non-hydrogen) atoms. The summed E-state index contributed by atoms with van der Waals surface area (Å²) in [6, 6.07) is 99.0. The molecule has 1 spiro atoms. The summed E-state index contributed by atoms with van der Waals surface area (Å²) in [5.41, 5.74) is 21.8. The van der Waals surface area contributed by atoms with Crippen LogP contribution in [-0.2, 0) is 5.41 Å². The maximum atomic E-state index is 6.64. The molecule has 324 valence electrons. The van der Waals surface area contributed by atoms with Crippen LogP contribution in [0, 0.1) is 0 Å². The quantitative estimate of drug-likeness (QED) is 0.151. The van der Waals surface area contributed by atoms with Crippen molar-refractivity contribution >= 4 is 17.1 Å². The van der Waals surface area contributed by atoms with Crippen molar-refractivity contribution in [2.75, 3.05) is 4.90 Å². The maximum Gasteiger partial charge on any atom is 0.132 e. The standard InChI is InChI=1S/C67H45NO/c1-3-21-47(22-4-1)51-25-7-8-27-53(51)54-28-9-10-29-55(54)58-31-13-18-36-64(58)68(63-35-17-12-26-52(63)48-23-5-2-6-24-48)50-42-39-46(40-43-50)49-41-44-57-56-30-11-14-32-59(56)67(62(57)45-49)60-33-15-19-37-65(60)69-66-38-20-16-34-61(66)67/h1-45H. The highest BCUT2D eigenvalue weighted by atomic mass is 16.5. The first-order chi connectivity index (χ1) is 34.3. The predicted octanol–water partition coefficient (Wildman–Crippen LogP) is 18.0. The highest BCUT2D eigenvalue weighted by molar-refractivity contribution is 5.99. The van der Waals surface area contributed by atoms with Crippen molar-refractivity contribution in [3.8, 4) is 78.3 Å². The second kappa shape index (κ2) is 16.7. The normalized spacial score (nSPS) is 12.6. The summed E-state index contributed by atoms with van der Waals surface area (Å²) in [7, 11) is 0. The fraction of sp³-hybridized carbons (Fsp3) is 0.0149. The molecule has 1 aliphatic heterocycles. The van der Waals surface area contributed by atoms with E-state index in [1.807, 2.05) is 0 Å². The highest BCUT2D eigenvalue weighted by Crippen LogP contribution is 2.62. The molecule has 0 unspecified atom stereocenters. The van der Waals surface area contributed by atoms with E-state index >= 15 is 0 Å². The molecule has 0 radical (unpaired) electrons. The topological polar surface area (TPSA) is 12.5 Å². The number of hydrogen-bond acceptors (Lipinski definition) is 2. The van der Waals surface area contributed by atoms with E-state index in [2.05, 4.69) is 278 Å². The van der Waals surface area contributed by atoms with E-state index in [0.717, 1.165) is 56.4 Å². The lowest BCUT2D eigenvalue weighted by atomic mass is 9.66. The van der Waals surface area contributed by atoms with Gasteiger partial charge in [-0.1, -0.05) is 231 Å². The molecule has 0 aromatic heterocycles. The Balaban J connectivity index is 0.977. The van der Waals surface area contributed by atoms with Crippen LogP contribution in [0.3, 0.4) is 0 Å². The monoisotopic (exact) mass is 879 g/mol. The molecule has 2 heteroatoms. The van der Waals surface area contributed by atoms with Gasteiger partial charge >= 0.3 is 0 Å². The molecule has 1 heterocycles. The summed E-state index contributed by atoms with van der Waals surface area (Å²) in [5, 5.41) is 0. The second-order valence-electron chi connectivity index (χ2n) is 17.9. The molecule has 0 amide bonds. The van der Waals surface area contributed by atoms with Gasteiger partial charge in [-0.05, 0) is 109 Å². The average Bonchev–Trinajstić information content (AvgIpc) is 3.72. The first-order valence-corrected chi connectivity index (χ1v) is 23.8. The predicted molar refractivity (Wildman–Crippen MR) is 286 cm³/mol. The lowest BCUT2D eigenvalue weighted by molar-refractivity contribution is 0.436. The van der Waals surface area contributed by atoms with E-state index in [1.165, 1.54) is 61.2 Å². The lowest BCUT2D eigenvalue weighted by Crippen LogP contribution is -2.32. The Kier molecular flexibility index (Phi) is 9.77. The molecule has 0 bridgehead atoms. The molecule has 0 atom stereocenters. The molecule has 1 aliphatic carbocycles. The van der Waals surface area contributed by atoms with Crippen molar-refractivity contribution in [3.05, 3.63) is 295 Å². The lowest BCUT2D eigenvalue weighted by Gasteiger charge is -2.39.